The second-order valence-corrected chi connectivity index (χ2v) is 8.06. The Morgan fingerprint density at radius 3 is 2.13 bits per heavy atom. The number of anilines is 1. The van der Waals surface area contributed by atoms with Gasteiger partial charge in [-0.05, 0) is 87.5 Å². The summed E-state index contributed by atoms with van der Waals surface area (Å²) in [7, 11) is 0. The standard InChI is InChI=1S/C19H25FN2O/c1-12(18(23)21-17-4-2-16(20)3-5-17)22-19-9-13-6-14(10-19)8-15(7-13)11-19/h2-5,12-15,22H,6-11H2,1H3,(H,21,23)/t12-,13?,14?,15?,19?/m0/s1. The zero-order chi connectivity index (χ0) is 16.0. The first-order valence-electron chi connectivity index (χ1n) is 8.85. The number of nitrogens with one attached hydrogen (secondary N) is 2. The smallest absolute Gasteiger partial charge is 0.241 e. The molecule has 1 amide bonds. The summed E-state index contributed by atoms with van der Waals surface area (Å²) in [5, 5.41) is 6.55. The van der Waals surface area contributed by atoms with Gasteiger partial charge in [0.05, 0.1) is 6.04 Å². The molecule has 23 heavy (non-hydrogen) atoms. The van der Waals surface area contributed by atoms with E-state index in [1.807, 2.05) is 6.92 Å². The zero-order valence-corrected chi connectivity index (χ0v) is 13.6. The topological polar surface area (TPSA) is 41.1 Å². The van der Waals surface area contributed by atoms with E-state index in [2.05, 4.69) is 10.6 Å². The highest BCUT2D eigenvalue weighted by molar-refractivity contribution is 5.94. The van der Waals surface area contributed by atoms with E-state index < -0.39 is 0 Å². The summed E-state index contributed by atoms with van der Waals surface area (Å²) < 4.78 is 12.9. The molecule has 0 radical (unpaired) electrons. The first-order chi connectivity index (χ1) is 11.0. The maximum Gasteiger partial charge on any atom is 0.241 e. The van der Waals surface area contributed by atoms with Gasteiger partial charge < -0.3 is 10.6 Å². The van der Waals surface area contributed by atoms with Crippen LogP contribution in [0.25, 0.3) is 0 Å². The lowest BCUT2D eigenvalue weighted by molar-refractivity contribution is -0.119. The van der Waals surface area contributed by atoms with E-state index in [1.54, 1.807) is 12.1 Å². The van der Waals surface area contributed by atoms with Crippen molar-refractivity contribution in [3.8, 4) is 0 Å². The summed E-state index contributed by atoms with van der Waals surface area (Å²) in [4.78, 5) is 12.5. The molecule has 0 heterocycles. The van der Waals surface area contributed by atoms with Crippen molar-refractivity contribution in [1.29, 1.82) is 0 Å². The number of hydrogen-bond donors (Lipinski definition) is 2. The lowest BCUT2D eigenvalue weighted by Crippen LogP contribution is -2.62. The Labute approximate surface area is 137 Å². The van der Waals surface area contributed by atoms with Crippen LogP contribution < -0.4 is 10.6 Å². The first-order valence-corrected chi connectivity index (χ1v) is 8.85. The van der Waals surface area contributed by atoms with E-state index in [9.17, 15) is 9.18 Å². The Bertz CT molecular complexity index is 563. The maximum absolute atomic E-state index is 12.9. The third-order valence-corrected chi connectivity index (χ3v) is 6.07. The van der Waals surface area contributed by atoms with Gasteiger partial charge in [-0.1, -0.05) is 0 Å². The van der Waals surface area contributed by atoms with Crippen molar-refractivity contribution in [3.05, 3.63) is 30.1 Å². The molecule has 0 saturated heterocycles. The van der Waals surface area contributed by atoms with Gasteiger partial charge >= 0.3 is 0 Å². The predicted octanol–water partition coefficient (Wildman–Crippen LogP) is 3.71. The van der Waals surface area contributed by atoms with Gasteiger partial charge in [0.15, 0.2) is 0 Å². The van der Waals surface area contributed by atoms with E-state index in [1.165, 1.54) is 50.7 Å². The molecule has 0 spiro atoms. The molecule has 124 valence electrons. The molecule has 0 unspecified atom stereocenters. The SMILES string of the molecule is C[C@H](NC12CC3CC(CC(C3)C1)C2)C(=O)Nc1ccc(F)cc1. The molecule has 4 saturated carbocycles. The molecule has 2 N–H and O–H groups in total. The van der Waals surface area contributed by atoms with Gasteiger partial charge in [-0.2, -0.15) is 0 Å². The van der Waals surface area contributed by atoms with E-state index in [-0.39, 0.29) is 23.3 Å². The van der Waals surface area contributed by atoms with Crippen molar-refractivity contribution in [2.75, 3.05) is 5.32 Å². The minimum Gasteiger partial charge on any atom is -0.325 e. The molecular weight excluding hydrogens is 291 g/mol. The summed E-state index contributed by atoms with van der Waals surface area (Å²) in [6.45, 7) is 1.94. The lowest BCUT2D eigenvalue weighted by Gasteiger charge is -2.57. The Kier molecular flexibility index (Phi) is 3.67. The van der Waals surface area contributed by atoms with Gasteiger partial charge in [0.25, 0.3) is 0 Å². The number of amides is 1. The average molecular weight is 316 g/mol. The van der Waals surface area contributed by atoms with Crippen LogP contribution in [0.4, 0.5) is 10.1 Å². The van der Waals surface area contributed by atoms with E-state index in [0.29, 0.717) is 5.69 Å². The minimum absolute atomic E-state index is 0.0349. The molecule has 1 aromatic rings. The summed E-state index contributed by atoms with van der Waals surface area (Å²) >= 11 is 0. The largest absolute Gasteiger partial charge is 0.325 e. The number of halogens is 1. The molecule has 3 nitrogen and oxygen atoms in total. The van der Waals surface area contributed by atoms with Gasteiger partial charge in [0.2, 0.25) is 5.91 Å². The fourth-order valence-electron chi connectivity index (χ4n) is 5.60. The van der Waals surface area contributed by atoms with Crippen LogP contribution in [0.1, 0.15) is 45.4 Å². The summed E-state index contributed by atoms with van der Waals surface area (Å²) in [6, 6.07) is 5.71. The van der Waals surface area contributed by atoms with Crippen LogP contribution in [0.5, 0.6) is 0 Å². The number of carbonyl (C=O) groups excluding carboxylic acids is 1. The summed E-state index contributed by atoms with van der Waals surface area (Å²) in [5.74, 6) is 2.26. The average Bonchev–Trinajstić information content (AvgIpc) is 2.47. The number of rotatable bonds is 4. The van der Waals surface area contributed by atoms with Crippen LogP contribution in [0.3, 0.4) is 0 Å². The lowest BCUT2D eigenvalue weighted by atomic mass is 9.53. The van der Waals surface area contributed by atoms with Crippen molar-refractivity contribution in [1.82, 2.24) is 5.32 Å². The quantitative estimate of drug-likeness (QED) is 0.889. The van der Waals surface area contributed by atoms with E-state index in [0.717, 1.165) is 17.8 Å². The van der Waals surface area contributed by atoms with Crippen molar-refractivity contribution in [2.45, 2.75) is 57.0 Å². The Balaban J connectivity index is 1.40. The molecule has 0 aromatic heterocycles. The number of benzene rings is 1. The molecule has 1 aromatic carbocycles. The number of carbonyl (C=O) groups is 1. The third-order valence-electron chi connectivity index (χ3n) is 6.07. The van der Waals surface area contributed by atoms with Crippen LogP contribution in [0.15, 0.2) is 24.3 Å². The molecule has 4 bridgehead atoms. The van der Waals surface area contributed by atoms with Gasteiger partial charge in [-0.15, -0.1) is 0 Å². The molecule has 4 aliphatic rings. The Hall–Kier alpha value is -1.42. The van der Waals surface area contributed by atoms with Crippen molar-refractivity contribution < 1.29 is 9.18 Å². The Morgan fingerprint density at radius 2 is 1.61 bits per heavy atom. The van der Waals surface area contributed by atoms with Crippen molar-refractivity contribution in [2.24, 2.45) is 17.8 Å². The van der Waals surface area contributed by atoms with Crippen LogP contribution in [0.2, 0.25) is 0 Å². The monoisotopic (exact) mass is 316 g/mol. The molecule has 4 fully saturated rings. The third kappa shape index (κ3) is 3.01. The highest BCUT2D eigenvalue weighted by atomic mass is 19.1. The molecule has 1 atom stereocenters. The fraction of sp³-hybridized carbons (Fsp3) is 0.632. The summed E-state index contributed by atoms with van der Waals surface area (Å²) in [6.07, 6.45) is 7.89. The van der Waals surface area contributed by atoms with Crippen LogP contribution in [0, 0.1) is 23.6 Å². The molecule has 4 heteroatoms. The first kappa shape index (κ1) is 15.1. The van der Waals surface area contributed by atoms with Crippen LogP contribution in [-0.2, 0) is 4.79 Å². The minimum atomic E-state index is -0.289. The van der Waals surface area contributed by atoms with Crippen molar-refractivity contribution in [3.63, 3.8) is 0 Å². The van der Waals surface area contributed by atoms with Crippen molar-refractivity contribution >= 4 is 11.6 Å². The second kappa shape index (κ2) is 5.59. The molecule has 0 aliphatic heterocycles. The number of hydrogen-bond acceptors (Lipinski definition) is 2. The van der Waals surface area contributed by atoms with E-state index >= 15 is 0 Å². The van der Waals surface area contributed by atoms with Gasteiger partial charge in [0, 0.05) is 11.2 Å². The molecule has 5 rings (SSSR count). The van der Waals surface area contributed by atoms with Gasteiger partial charge in [0.1, 0.15) is 5.82 Å². The fourth-order valence-corrected chi connectivity index (χ4v) is 5.60. The van der Waals surface area contributed by atoms with Crippen LogP contribution >= 0.6 is 0 Å². The molecule has 4 aliphatic carbocycles. The van der Waals surface area contributed by atoms with Gasteiger partial charge in [-0.3, -0.25) is 4.79 Å². The predicted molar refractivity (Wildman–Crippen MR) is 88.5 cm³/mol. The summed E-state index contributed by atoms with van der Waals surface area (Å²) in [5.41, 5.74) is 0.824. The normalized spacial score (nSPS) is 36.0. The highest BCUT2D eigenvalue weighted by Gasteiger charge is 2.51. The van der Waals surface area contributed by atoms with Gasteiger partial charge in [-0.25, -0.2) is 4.39 Å². The zero-order valence-electron chi connectivity index (χ0n) is 13.6. The highest BCUT2D eigenvalue weighted by Crippen LogP contribution is 2.55. The second-order valence-electron chi connectivity index (χ2n) is 8.06. The maximum atomic E-state index is 12.9. The van der Waals surface area contributed by atoms with Crippen LogP contribution in [-0.4, -0.2) is 17.5 Å². The molecular formula is C19H25FN2O. The van der Waals surface area contributed by atoms with E-state index in [4.69, 9.17) is 0 Å². The Morgan fingerprint density at radius 1 is 1.09 bits per heavy atom.